The van der Waals surface area contributed by atoms with Gasteiger partial charge in [-0.25, -0.2) is 0 Å². The Morgan fingerprint density at radius 2 is 1.81 bits per heavy atom. The molecular weight excluding hydrogens is 204 g/mol. The summed E-state index contributed by atoms with van der Waals surface area (Å²) < 4.78 is 0. The summed E-state index contributed by atoms with van der Waals surface area (Å²) in [4.78, 5) is 11.0. The molecule has 0 radical (unpaired) electrons. The monoisotopic (exact) mass is 226 g/mol. The Labute approximate surface area is 96.6 Å². The molecule has 0 aromatic carbocycles. The first kappa shape index (κ1) is 11.9. The van der Waals surface area contributed by atoms with E-state index in [-0.39, 0.29) is 24.0 Å². The quantitative estimate of drug-likeness (QED) is 0.657. The normalized spacial score (nSPS) is 39.8. The van der Waals surface area contributed by atoms with Gasteiger partial charge in [0.05, 0.1) is 6.10 Å². The highest BCUT2D eigenvalue weighted by molar-refractivity contribution is 5.76. The summed E-state index contributed by atoms with van der Waals surface area (Å²) in [7, 11) is 0. The van der Waals surface area contributed by atoms with Crippen molar-refractivity contribution in [1.82, 2.24) is 5.32 Å². The third-order valence-corrected chi connectivity index (χ3v) is 4.06. The van der Waals surface area contributed by atoms with Crippen LogP contribution in [0.5, 0.6) is 0 Å². The highest BCUT2D eigenvalue weighted by Crippen LogP contribution is 2.26. The molecule has 0 saturated heterocycles. The SMILES string of the molecule is NC(=O)C1CCC(NC2CCCC2O)CC1. The average molecular weight is 226 g/mol. The molecule has 2 aliphatic rings. The van der Waals surface area contributed by atoms with E-state index in [1.54, 1.807) is 0 Å². The molecule has 2 fully saturated rings. The van der Waals surface area contributed by atoms with Crippen molar-refractivity contribution in [3.63, 3.8) is 0 Å². The Bertz CT molecular complexity index is 249. The molecule has 0 aliphatic heterocycles. The first-order valence-electron chi connectivity index (χ1n) is 6.40. The average Bonchev–Trinajstić information content (AvgIpc) is 2.65. The molecule has 2 rings (SSSR count). The van der Waals surface area contributed by atoms with Crippen molar-refractivity contribution in [2.24, 2.45) is 11.7 Å². The molecule has 2 atom stereocenters. The summed E-state index contributed by atoms with van der Waals surface area (Å²) >= 11 is 0. The van der Waals surface area contributed by atoms with Gasteiger partial charge in [-0.2, -0.15) is 0 Å². The number of hydrogen-bond donors (Lipinski definition) is 3. The predicted octanol–water partition coefficient (Wildman–Crippen LogP) is 0.533. The lowest BCUT2D eigenvalue weighted by Crippen LogP contribution is -2.45. The number of aliphatic hydroxyl groups excluding tert-OH is 1. The van der Waals surface area contributed by atoms with E-state index in [0.717, 1.165) is 44.9 Å². The molecule has 4 N–H and O–H groups in total. The van der Waals surface area contributed by atoms with Crippen LogP contribution in [0.1, 0.15) is 44.9 Å². The van der Waals surface area contributed by atoms with Gasteiger partial charge in [0.25, 0.3) is 0 Å². The highest BCUT2D eigenvalue weighted by Gasteiger charge is 2.30. The van der Waals surface area contributed by atoms with Crippen LogP contribution in [0.25, 0.3) is 0 Å². The van der Waals surface area contributed by atoms with Crippen LogP contribution in [0.2, 0.25) is 0 Å². The van der Waals surface area contributed by atoms with Crippen molar-refractivity contribution in [2.45, 2.75) is 63.1 Å². The number of amides is 1. The fourth-order valence-electron chi connectivity index (χ4n) is 2.98. The summed E-state index contributed by atoms with van der Waals surface area (Å²) in [6.45, 7) is 0. The molecule has 4 nitrogen and oxygen atoms in total. The Hall–Kier alpha value is -0.610. The van der Waals surface area contributed by atoms with Crippen LogP contribution in [-0.2, 0) is 4.79 Å². The van der Waals surface area contributed by atoms with Crippen LogP contribution >= 0.6 is 0 Å². The number of hydrogen-bond acceptors (Lipinski definition) is 3. The van der Waals surface area contributed by atoms with Crippen molar-refractivity contribution in [2.75, 3.05) is 0 Å². The van der Waals surface area contributed by atoms with Crippen LogP contribution in [0, 0.1) is 5.92 Å². The second-order valence-corrected chi connectivity index (χ2v) is 5.22. The summed E-state index contributed by atoms with van der Waals surface area (Å²) in [5.41, 5.74) is 5.30. The van der Waals surface area contributed by atoms with Crippen molar-refractivity contribution in [1.29, 1.82) is 0 Å². The van der Waals surface area contributed by atoms with E-state index in [1.165, 1.54) is 0 Å². The minimum Gasteiger partial charge on any atom is -0.392 e. The number of nitrogens with two attached hydrogens (primary N) is 1. The van der Waals surface area contributed by atoms with E-state index in [9.17, 15) is 9.90 Å². The second-order valence-electron chi connectivity index (χ2n) is 5.22. The molecule has 0 spiro atoms. The molecule has 92 valence electrons. The van der Waals surface area contributed by atoms with E-state index < -0.39 is 0 Å². The number of aliphatic hydroxyl groups is 1. The molecule has 0 aromatic rings. The second kappa shape index (κ2) is 5.15. The van der Waals surface area contributed by atoms with Gasteiger partial charge in [0.2, 0.25) is 5.91 Å². The third kappa shape index (κ3) is 2.74. The van der Waals surface area contributed by atoms with Crippen LogP contribution < -0.4 is 11.1 Å². The molecule has 1 amide bonds. The van der Waals surface area contributed by atoms with Gasteiger partial charge >= 0.3 is 0 Å². The van der Waals surface area contributed by atoms with E-state index in [1.807, 2.05) is 0 Å². The fraction of sp³-hybridized carbons (Fsp3) is 0.917. The van der Waals surface area contributed by atoms with Gasteiger partial charge in [0.15, 0.2) is 0 Å². The van der Waals surface area contributed by atoms with Gasteiger partial charge in [-0.05, 0) is 44.9 Å². The molecule has 2 aliphatic carbocycles. The van der Waals surface area contributed by atoms with Crippen LogP contribution in [0.15, 0.2) is 0 Å². The van der Waals surface area contributed by atoms with Crippen molar-refractivity contribution >= 4 is 5.91 Å². The first-order chi connectivity index (χ1) is 7.66. The standard InChI is InChI=1S/C12H22N2O2/c13-12(16)8-4-6-9(7-5-8)14-10-2-1-3-11(10)15/h8-11,14-15H,1-7H2,(H2,13,16). The van der Waals surface area contributed by atoms with Crippen LogP contribution in [0.4, 0.5) is 0 Å². The molecule has 0 bridgehead atoms. The Balaban J connectivity index is 1.74. The minimum atomic E-state index is -0.172. The van der Waals surface area contributed by atoms with E-state index in [4.69, 9.17) is 5.73 Å². The van der Waals surface area contributed by atoms with Gasteiger partial charge in [-0.3, -0.25) is 4.79 Å². The highest BCUT2D eigenvalue weighted by atomic mass is 16.3. The Morgan fingerprint density at radius 3 is 2.31 bits per heavy atom. The fourth-order valence-corrected chi connectivity index (χ4v) is 2.98. The molecular formula is C12H22N2O2. The van der Waals surface area contributed by atoms with Crippen LogP contribution in [-0.4, -0.2) is 29.2 Å². The lowest BCUT2D eigenvalue weighted by Gasteiger charge is -2.30. The summed E-state index contributed by atoms with van der Waals surface area (Å²) in [6.07, 6.45) is 6.77. The van der Waals surface area contributed by atoms with Gasteiger partial charge in [0.1, 0.15) is 0 Å². The smallest absolute Gasteiger partial charge is 0.220 e. The number of carbonyl (C=O) groups excluding carboxylic acids is 1. The lowest BCUT2D eigenvalue weighted by atomic mass is 9.85. The van der Waals surface area contributed by atoms with Crippen molar-refractivity contribution in [3.05, 3.63) is 0 Å². The summed E-state index contributed by atoms with van der Waals surface area (Å²) in [5, 5.41) is 13.2. The number of nitrogens with one attached hydrogen (secondary N) is 1. The Morgan fingerprint density at radius 1 is 1.12 bits per heavy atom. The molecule has 0 aromatic heterocycles. The summed E-state index contributed by atoms with van der Waals surface area (Å²) in [6, 6.07) is 0.739. The maximum absolute atomic E-state index is 11.0. The summed E-state index contributed by atoms with van der Waals surface area (Å²) in [5.74, 6) is -0.0779. The van der Waals surface area contributed by atoms with Gasteiger partial charge in [0, 0.05) is 18.0 Å². The molecule has 2 saturated carbocycles. The minimum absolute atomic E-state index is 0.0755. The van der Waals surface area contributed by atoms with Gasteiger partial charge in [-0.15, -0.1) is 0 Å². The maximum atomic E-state index is 11.0. The van der Waals surface area contributed by atoms with Gasteiger partial charge < -0.3 is 16.2 Å². The first-order valence-corrected chi connectivity index (χ1v) is 6.40. The lowest BCUT2D eigenvalue weighted by molar-refractivity contribution is -0.122. The zero-order valence-corrected chi connectivity index (χ0v) is 9.69. The van der Waals surface area contributed by atoms with Crippen LogP contribution in [0.3, 0.4) is 0 Å². The zero-order valence-electron chi connectivity index (χ0n) is 9.69. The van der Waals surface area contributed by atoms with Crippen molar-refractivity contribution in [3.8, 4) is 0 Å². The molecule has 0 heterocycles. The molecule has 4 heteroatoms. The van der Waals surface area contributed by atoms with E-state index in [2.05, 4.69) is 5.32 Å². The number of carbonyl (C=O) groups is 1. The number of primary amides is 1. The topological polar surface area (TPSA) is 75.4 Å². The van der Waals surface area contributed by atoms with E-state index >= 15 is 0 Å². The third-order valence-electron chi connectivity index (χ3n) is 4.06. The zero-order chi connectivity index (χ0) is 11.5. The predicted molar refractivity (Wildman–Crippen MR) is 61.7 cm³/mol. The largest absolute Gasteiger partial charge is 0.392 e. The molecule has 2 unspecified atom stereocenters. The van der Waals surface area contributed by atoms with Gasteiger partial charge in [-0.1, -0.05) is 0 Å². The van der Waals surface area contributed by atoms with Crippen molar-refractivity contribution < 1.29 is 9.90 Å². The Kier molecular flexibility index (Phi) is 3.82. The number of rotatable bonds is 3. The maximum Gasteiger partial charge on any atom is 0.220 e. The van der Waals surface area contributed by atoms with E-state index in [0.29, 0.717) is 6.04 Å². The molecule has 16 heavy (non-hydrogen) atoms.